The second kappa shape index (κ2) is 27.8. The SMILES string of the molecule is CC(C)c1ccc2c(c1)NC(=O)C(C)n1c-2cc2cc(C(C)C)ccc21.CC(C)c1ccc2c(c1)OCC1(CCC1)n1c-2cc2cc(C(C)C)ccc21.CC(C)c1ccc2c(c1)OCCn1c-2c(F)c2cc(C(C)C)ccc21.CC(C)c1ccc2c(c1)OCCn1c-2cc2cc(C(C)C)ccc21. The van der Waals surface area contributed by atoms with Gasteiger partial charge in [0.05, 0.1) is 52.6 Å². The van der Waals surface area contributed by atoms with Crippen LogP contribution in [-0.4, -0.2) is 44.0 Å². The van der Waals surface area contributed by atoms with E-state index in [-0.39, 0.29) is 23.3 Å². The molecule has 9 nitrogen and oxygen atoms in total. The molecule has 1 atom stereocenters. The Bertz CT molecular complexity index is 5170. The predicted octanol–water partition coefficient (Wildman–Crippen LogP) is 24.9. The second-order valence-corrected chi connectivity index (χ2v) is 32.0. The fraction of sp³-hybridized carbons (Fsp3) is 0.380. The average Bonchev–Trinajstić information content (AvgIpc) is 1.57. The lowest BCUT2D eigenvalue weighted by atomic mass is 9.76. The highest BCUT2D eigenvalue weighted by molar-refractivity contribution is 6.03. The lowest BCUT2D eigenvalue weighted by Crippen LogP contribution is -2.45. The second-order valence-electron chi connectivity index (χ2n) is 32.0. The minimum atomic E-state index is -0.248. The number of benzene rings is 8. The van der Waals surface area contributed by atoms with Crippen LogP contribution in [0.15, 0.2) is 164 Å². The van der Waals surface area contributed by atoms with Gasteiger partial charge in [-0.25, -0.2) is 4.39 Å². The van der Waals surface area contributed by atoms with E-state index in [2.05, 4.69) is 280 Å². The number of halogens is 1. The first-order chi connectivity index (χ1) is 48.9. The molecule has 4 aliphatic heterocycles. The molecule has 0 bridgehead atoms. The molecule has 1 amide bonds. The number of hydrogen-bond donors (Lipinski definition) is 1. The summed E-state index contributed by atoms with van der Waals surface area (Å²) in [5.41, 5.74) is 25.0. The maximum absolute atomic E-state index is 15.4. The first kappa shape index (κ1) is 69.8. The summed E-state index contributed by atoms with van der Waals surface area (Å²) in [6.07, 6.45) is 3.71. The third-order valence-electron chi connectivity index (χ3n) is 22.5. The summed E-state index contributed by atoms with van der Waals surface area (Å²) >= 11 is 0. The Kier molecular flexibility index (Phi) is 19.0. The summed E-state index contributed by atoms with van der Waals surface area (Å²) in [5.74, 6) is 6.61. The van der Waals surface area contributed by atoms with E-state index in [4.69, 9.17) is 14.2 Å². The predicted molar refractivity (Wildman–Crippen MR) is 424 cm³/mol. The molecule has 5 aliphatic rings. The van der Waals surface area contributed by atoms with Crippen molar-refractivity contribution < 1.29 is 23.4 Å². The van der Waals surface area contributed by atoms with Crippen LogP contribution in [0.3, 0.4) is 0 Å². The van der Waals surface area contributed by atoms with E-state index in [1.165, 1.54) is 113 Å². The van der Waals surface area contributed by atoms with Crippen molar-refractivity contribution in [1.29, 1.82) is 0 Å². The van der Waals surface area contributed by atoms with Crippen molar-refractivity contribution in [3.63, 3.8) is 0 Å². The van der Waals surface area contributed by atoms with E-state index in [1.807, 2.05) is 25.1 Å². The number of rotatable bonds is 8. The van der Waals surface area contributed by atoms with Crippen molar-refractivity contribution in [1.82, 2.24) is 18.3 Å². The van der Waals surface area contributed by atoms with E-state index in [0.717, 1.165) is 70.5 Å². The number of ether oxygens (including phenoxy) is 3. The molecule has 10 heteroatoms. The van der Waals surface area contributed by atoms with E-state index in [0.29, 0.717) is 71.6 Å². The number of anilines is 1. The lowest BCUT2D eigenvalue weighted by molar-refractivity contribution is -0.118. The molecule has 1 N–H and O–H groups in total. The quantitative estimate of drug-likeness (QED) is 0.164. The van der Waals surface area contributed by atoms with Crippen molar-refractivity contribution >= 4 is 55.2 Å². The van der Waals surface area contributed by atoms with Crippen molar-refractivity contribution in [3.8, 4) is 62.3 Å². The van der Waals surface area contributed by atoms with Crippen LogP contribution in [0.4, 0.5) is 10.1 Å². The maximum Gasteiger partial charge on any atom is 0.247 e. The Balaban J connectivity index is 0.000000115. The number of fused-ring (bicyclic) bond motifs is 21. The molecule has 0 radical (unpaired) electrons. The summed E-state index contributed by atoms with van der Waals surface area (Å²) < 4.78 is 43.1. The maximum atomic E-state index is 15.4. The van der Waals surface area contributed by atoms with E-state index >= 15 is 4.39 Å². The van der Waals surface area contributed by atoms with Gasteiger partial charge in [0.25, 0.3) is 0 Å². The van der Waals surface area contributed by atoms with Gasteiger partial charge in [0.2, 0.25) is 5.91 Å². The largest absolute Gasteiger partial charge is 0.491 e. The van der Waals surface area contributed by atoms with Gasteiger partial charge in [-0.3, -0.25) is 4.79 Å². The molecule has 8 heterocycles. The molecule has 1 aliphatic carbocycles. The van der Waals surface area contributed by atoms with Crippen LogP contribution < -0.4 is 19.5 Å². The van der Waals surface area contributed by atoms with E-state index in [9.17, 15) is 4.79 Å². The van der Waals surface area contributed by atoms with Crippen LogP contribution in [0.2, 0.25) is 0 Å². The molecule has 1 fully saturated rings. The fourth-order valence-corrected chi connectivity index (χ4v) is 15.8. The van der Waals surface area contributed by atoms with Gasteiger partial charge in [0.15, 0.2) is 5.82 Å². The minimum absolute atomic E-state index is 0.0383. The summed E-state index contributed by atoms with van der Waals surface area (Å²) in [6, 6.07) is 59.4. The smallest absolute Gasteiger partial charge is 0.247 e. The topological polar surface area (TPSA) is 76.5 Å². The Morgan fingerprint density at radius 3 is 1.35 bits per heavy atom. The van der Waals surface area contributed by atoms with Gasteiger partial charge in [-0.1, -0.05) is 165 Å². The van der Waals surface area contributed by atoms with Gasteiger partial charge in [0.1, 0.15) is 43.1 Å². The number of hydrogen-bond acceptors (Lipinski definition) is 4. The Hall–Kier alpha value is -9.28. The van der Waals surface area contributed by atoms with Crippen molar-refractivity contribution in [2.45, 2.75) is 209 Å². The van der Waals surface area contributed by atoms with Gasteiger partial charge in [-0.05, 0) is 227 Å². The van der Waals surface area contributed by atoms with Gasteiger partial charge in [-0.2, -0.15) is 0 Å². The summed E-state index contributed by atoms with van der Waals surface area (Å²) in [7, 11) is 0. The van der Waals surface area contributed by atoms with E-state index in [1.54, 1.807) is 0 Å². The zero-order valence-corrected chi connectivity index (χ0v) is 63.2. The van der Waals surface area contributed by atoms with Crippen LogP contribution in [0, 0.1) is 5.82 Å². The molecule has 1 spiro atoms. The van der Waals surface area contributed by atoms with Gasteiger partial charge >= 0.3 is 0 Å². The highest BCUT2D eigenvalue weighted by Crippen LogP contribution is 2.51. The molecule has 8 aromatic carbocycles. The van der Waals surface area contributed by atoms with Crippen LogP contribution in [0.1, 0.15) is 235 Å². The number of carbonyl (C=O) groups is 1. The third-order valence-corrected chi connectivity index (χ3v) is 22.5. The summed E-state index contributed by atoms with van der Waals surface area (Å²) in [6.45, 7) is 40.9. The number of carbonyl (C=O) groups excluding carboxylic acids is 1. The Labute approximate surface area is 604 Å². The molecule has 4 aromatic heterocycles. The van der Waals surface area contributed by atoms with Crippen molar-refractivity contribution in [2.75, 3.05) is 25.1 Å². The first-order valence-electron chi connectivity index (χ1n) is 37.9. The highest BCUT2D eigenvalue weighted by atomic mass is 19.1. The third kappa shape index (κ3) is 12.8. The van der Waals surface area contributed by atoms with E-state index < -0.39 is 0 Å². The number of amides is 1. The minimum Gasteiger partial charge on any atom is -0.491 e. The van der Waals surface area contributed by atoms with Gasteiger partial charge < -0.3 is 37.8 Å². The normalized spacial score (nSPS) is 15.5. The lowest BCUT2D eigenvalue weighted by Gasteiger charge is -2.43. The van der Waals surface area contributed by atoms with Crippen LogP contribution in [0.5, 0.6) is 17.2 Å². The molecule has 17 rings (SSSR count). The van der Waals surface area contributed by atoms with Crippen molar-refractivity contribution in [3.05, 3.63) is 214 Å². The Morgan fingerprint density at radius 1 is 0.412 bits per heavy atom. The van der Waals surface area contributed by atoms with Gasteiger partial charge in [-0.15, -0.1) is 0 Å². The molecule has 0 saturated heterocycles. The van der Waals surface area contributed by atoms with Crippen molar-refractivity contribution in [2.24, 2.45) is 0 Å². The molecule has 102 heavy (non-hydrogen) atoms. The molecule has 1 unspecified atom stereocenters. The Morgan fingerprint density at radius 2 is 0.814 bits per heavy atom. The standard InChI is InChI=1S/C25H29NO.C23H26N2O.C22H24FNO.C22H25NO/c1-16(2)18-7-9-22-20(12-18)13-23-21-8-6-19(17(3)4)14-24(21)27-15-25(26(22)23)10-5-11-25;1-13(2)16-7-9-21-18(10-16)12-22-19-8-6-17(14(3)4)11-20(19)24-23(26)15(5)25(21)22;1-13(2)15-6-8-19-18(11-15)21(23)22-17-7-5-16(14(3)4)12-20(17)25-10-9-24(19)22;1-14(2)16-6-8-20-18(11-16)12-21-19-7-5-17(15(3)4)13-22(19)24-10-9-23(20)21/h6-9,12-14,16-17H,5,10-11,15H2,1-4H3;6-15H,1-5H3,(H,24,26);5-8,11-14H,9-10H2,1-4H3;5-8,11-15H,9-10H2,1-4H3. The van der Waals surface area contributed by atoms with Gasteiger partial charge in [0, 0.05) is 60.3 Å². The monoisotopic (exact) mass is 1360 g/mol. The number of aromatic nitrogens is 4. The molecular formula is C92H104FN5O4. The summed E-state index contributed by atoms with van der Waals surface area (Å²) in [5, 5.41) is 7.74. The molecule has 1 saturated carbocycles. The number of nitrogens with one attached hydrogen (secondary N) is 1. The van der Waals surface area contributed by atoms with Crippen LogP contribution in [-0.2, 0) is 23.4 Å². The molecule has 12 aromatic rings. The van der Waals surface area contributed by atoms with Crippen LogP contribution in [0.25, 0.3) is 88.6 Å². The highest BCUT2D eigenvalue weighted by Gasteiger charge is 2.44. The molecule has 528 valence electrons. The first-order valence-corrected chi connectivity index (χ1v) is 37.9. The van der Waals surface area contributed by atoms with Crippen LogP contribution >= 0.6 is 0 Å². The fourth-order valence-electron chi connectivity index (χ4n) is 15.8. The molecular weight excluding hydrogens is 1260 g/mol. The summed E-state index contributed by atoms with van der Waals surface area (Å²) in [4.78, 5) is 12.8. The average molecular weight is 1360 g/mol. The number of nitrogens with zero attached hydrogens (tertiary/aromatic N) is 4. The zero-order chi connectivity index (χ0) is 71.9. The zero-order valence-electron chi connectivity index (χ0n) is 63.2.